The Bertz CT molecular complexity index is 628. The molecule has 4 rings (SSSR count). The summed E-state index contributed by atoms with van der Waals surface area (Å²) in [4.78, 5) is 6.99. The number of fused-ring (bicyclic) bond motifs is 2. The van der Waals surface area contributed by atoms with Gasteiger partial charge in [-0.1, -0.05) is 6.07 Å². The largest absolute Gasteiger partial charge is 0.508 e. The van der Waals surface area contributed by atoms with Crippen molar-refractivity contribution in [2.45, 2.75) is 12.5 Å². The minimum Gasteiger partial charge on any atom is -0.508 e. The maximum Gasteiger partial charge on any atom is 0.136 e. The second-order valence-electron chi connectivity index (χ2n) is 5.51. The minimum absolute atomic E-state index is 0.307. The molecule has 98 valence electrons. The number of anilines is 1. The summed E-state index contributed by atoms with van der Waals surface area (Å²) in [7, 11) is 0. The van der Waals surface area contributed by atoms with Crippen molar-refractivity contribution in [2.24, 2.45) is 5.92 Å². The van der Waals surface area contributed by atoms with Gasteiger partial charge < -0.3 is 15.3 Å². The number of rotatable bonds is 1. The van der Waals surface area contributed by atoms with Crippen LogP contribution in [-0.4, -0.2) is 35.8 Å². The summed E-state index contributed by atoms with van der Waals surface area (Å²) >= 11 is 0. The van der Waals surface area contributed by atoms with Crippen molar-refractivity contribution >= 4 is 16.6 Å². The molecule has 2 aliphatic heterocycles. The molecule has 4 nitrogen and oxygen atoms in total. The summed E-state index contributed by atoms with van der Waals surface area (Å²) in [6, 6.07) is 8.07. The first-order chi connectivity index (χ1) is 9.33. The molecule has 19 heavy (non-hydrogen) atoms. The Labute approximate surface area is 112 Å². The van der Waals surface area contributed by atoms with Crippen LogP contribution in [0.3, 0.4) is 0 Å². The number of aromatic nitrogens is 1. The maximum atomic E-state index is 9.73. The molecule has 0 unspecified atom stereocenters. The Morgan fingerprint density at radius 1 is 1.26 bits per heavy atom. The molecule has 2 N–H and O–H groups in total. The first-order valence-corrected chi connectivity index (χ1v) is 6.88. The Morgan fingerprint density at radius 2 is 2.21 bits per heavy atom. The highest BCUT2D eigenvalue weighted by molar-refractivity contribution is 5.93. The number of nitrogens with one attached hydrogen (secondary N) is 1. The molecule has 2 aliphatic rings. The normalized spacial score (nSPS) is 26.0. The van der Waals surface area contributed by atoms with Crippen LogP contribution in [0.15, 0.2) is 30.5 Å². The molecular weight excluding hydrogens is 238 g/mol. The molecule has 0 aliphatic carbocycles. The maximum absolute atomic E-state index is 9.73. The van der Waals surface area contributed by atoms with Gasteiger partial charge in [-0.25, -0.2) is 4.98 Å². The molecule has 1 aromatic heterocycles. The zero-order valence-corrected chi connectivity index (χ0v) is 10.7. The number of phenols is 1. The summed E-state index contributed by atoms with van der Waals surface area (Å²) in [6.07, 6.45) is 3.10. The number of benzene rings is 1. The van der Waals surface area contributed by atoms with Crippen LogP contribution in [0, 0.1) is 5.92 Å². The van der Waals surface area contributed by atoms with Gasteiger partial charge in [-0.15, -0.1) is 0 Å². The van der Waals surface area contributed by atoms with Crippen LogP contribution in [0.4, 0.5) is 5.82 Å². The van der Waals surface area contributed by atoms with Gasteiger partial charge in [-0.05, 0) is 35.9 Å². The van der Waals surface area contributed by atoms with Crippen molar-refractivity contribution in [3.63, 3.8) is 0 Å². The average Bonchev–Trinajstić information content (AvgIpc) is 3.00. The van der Waals surface area contributed by atoms with E-state index in [2.05, 4.69) is 15.2 Å². The van der Waals surface area contributed by atoms with E-state index in [0.29, 0.717) is 11.8 Å². The van der Waals surface area contributed by atoms with Crippen molar-refractivity contribution in [3.8, 4) is 5.75 Å². The highest BCUT2D eigenvalue weighted by Gasteiger charge is 2.38. The third-order valence-electron chi connectivity index (χ3n) is 4.45. The SMILES string of the molecule is Oc1ccc2ccnc(N3CC[C@H]4CNC[C@H]43)c2c1. The Kier molecular flexibility index (Phi) is 2.38. The molecule has 4 heteroatoms. The van der Waals surface area contributed by atoms with Gasteiger partial charge in [-0.2, -0.15) is 0 Å². The van der Waals surface area contributed by atoms with E-state index in [1.54, 1.807) is 6.07 Å². The summed E-state index contributed by atoms with van der Waals surface area (Å²) in [6.45, 7) is 3.23. The van der Waals surface area contributed by atoms with Crippen LogP contribution in [0.1, 0.15) is 6.42 Å². The summed E-state index contributed by atoms with van der Waals surface area (Å²) < 4.78 is 0. The zero-order chi connectivity index (χ0) is 12.8. The topological polar surface area (TPSA) is 48.4 Å². The van der Waals surface area contributed by atoms with Crippen LogP contribution in [-0.2, 0) is 0 Å². The number of hydrogen-bond donors (Lipinski definition) is 2. The van der Waals surface area contributed by atoms with E-state index in [1.165, 1.54) is 6.42 Å². The lowest BCUT2D eigenvalue weighted by molar-refractivity contribution is 0.476. The van der Waals surface area contributed by atoms with Gasteiger partial charge in [0.25, 0.3) is 0 Å². The fourth-order valence-corrected chi connectivity index (χ4v) is 3.48. The van der Waals surface area contributed by atoms with Crippen LogP contribution >= 0.6 is 0 Å². The van der Waals surface area contributed by atoms with E-state index in [9.17, 15) is 5.11 Å². The Balaban J connectivity index is 1.84. The highest BCUT2D eigenvalue weighted by atomic mass is 16.3. The predicted octanol–water partition coefficient (Wildman–Crippen LogP) is 1.74. The Hall–Kier alpha value is -1.81. The van der Waals surface area contributed by atoms with Crippen molar-refractivity contribution in [2.75, 3.05) is 24.5 Å². The van der Waals surface area contributed by atoms with E-state index in [1.807, 2.05) is 24.4 Å². The van der Waals surface area contributed by atoms with Gasteiger partial charge in [0.1, 0.15) is 11.6 Å². The first-order valence-electron chi connectivity index (χ1n) is 6.88. The van der Waals surface area contributed by atoms with Gasteiger partial charge in [-0.3, -0.25) is 0 Å². The third-order valence-corrected chi connectivity index (χ3v) is 4.45. The van der Waals surface area contributed by atoms with Crippen LogP contribution in [0.5, 0.6) is 5.75 Å². The lowest BCUT2D eigenvalue weighted by atomic mass is 10.0. The molecule has 2 atom stereocenters. The number of pyridine rings is 1. The summed E-state index contributed by atoms with van der Waals surface area (Å²) in [5.74, 6) is 2.07. The number of phenolic OH excluding ortho intramolecular Hbond substituents is 1. The molecule has 0 amide bonds. The van der Waals surface area contributed by atoms with Crippen molar-refractivity contribution < 1.29 is 5.11 Å². The van der Waals surface area contributed by atoms with Gasteiger partial charge in [0.2, 0.25) is 0 Å². The lowest BCUT2D eigenvalue weighted by Crippen LogP contribution is -2.34. The zero-order valence-electron chi connectivity index (χ0n) is 10.7. The summed E-state index contributed by atoms with van der Waals surface area (Å²) in [5.41, 5.74) is 0. The van der Waals surface area contributed by atoms with E-state index < -0.39 is 0 Å². The summed E-state index contributed by atoms with van der Waals surface area (Å²) in [5, 5.41) is 15.4. The van der Waals surface area contributed by atoms with Crippen molar-refractivity contribution in [1.29, 1.82) is 0 Å². The second kappa shape index (κ2) is 4.10. The molecule has 2 aromatic rings. The molecule has 2 fully saturated rings. The van der Waals surface area contributed by atoms with Crippen molar-refractivity contribution in [1.82, 2.24) is 10.3 Å². The number of aromatic hydroxyl groups is 1. The second-order valence-corrected chi connectivity index (χ2v) is 5.51. The quantitative estimate of drug-likeness (QED) is 0.815. The van der Waals surface area contributed by atoms with Crippen LogP contribution < -0.4 is 10.2 Å². The number of hydrogen-bond acceptors (Lipinski definition) is 4. The molecule has 0 radical (unpaired) electrons. The molecule has 0 saturated carbocycles. The van der Waals surface area contributed by atoms with Gasteiger partial charge in [0, 0.05) is 37.3 Å². The number of nitrogens with zero attached hydrogens (tertiary/aromatic N) is 2. The standard InChI is InChI=1S/C15H17N3O/c19-12-2-1-10-3-5-17-15(13(10)7-12)18-6-4-11-8-16-9-14(11)18/h1-3,5,7,11,14,16,19H,4,6,8-9H2/t11-,14+/m0/s1. The van der Waals surface area contributed by atoms with Crippen LogP contribution in [0.2, 0.25) is 0 Å². The smallest absolute Gasteiger partial charge is 0.136 e. The van der Waals surface area contributed by atoms with Crippen LogP contribution in [0.25, 0.3) is 10.8 Å². The molecular formula is C15H17N3O. The fourth-order valence-electron chi connectivity index (χ4n) is 3.48. The minimum atomic E-state index is 0.307. The van der Waals surface area contributed by atoms with Crippen molar-refractivity contribution in [3.05, 3.63) is 30.5 Å². The predicted molar refractivity (Wildman–Crippen MR) is 75.5 cm³/mol. The molecule has 0 spiro atoms. The molecule has 3 heterocycles. The molecule has 1 aromatic carbocycles. The molecule has 2 saturated heterocycles. The average molecular weight is 255 g/mol. The Morgan fingerprint density at radius 3 is 3.16 bits per heavy atom. The van der Waals surface area contributed by atoms with Gasteiger partial charge >= 0.3 is 0 Å². The van der Waals surface area contributed by atoms with E-state index in [0.717, 1.165) is 42.1 Å². The van der Waals surface area contributed by atoms with Gasteiger partial charge in [0.05, 0.1) is 0 Å². The lowest BCUT2D eigenvalue weighted by Gasteiger charge is -2.25. The monoisotopic (exact) mass is 255 g/mol. The first kappa shape index (κ1) is 11.1. The van der Waals surface area contributed by atoms with E-state index in [-0.39, 0.29) is 0 Å². The third kappa shape index (κ3) is 1.67. The highest BCUT2D eigenvalue weighted by Crippen LogP contribution is 2.35. The van der Waals surface area contributed by atoms with E-state index >= 15 is 0 Å². The van der Waals surface area contributed by atoms with E-state index in [4.69, 9.17) is 0 Å². The fraction of sp³-hybridized carbons (Fsp3) is 0.400. The van der Waals surface area contributed by atoms with Gasteiger partial charge in [0.15, 0.2) is 0 Å². The molecule has 0 bridgehead atoms.